The molecule has 0 bridgehead atoms. The van der Waals surface area contributed by atoms with E-state index < -0.39 is 0 Å². The second-order valence-corrected chi connectivity index (χ2v) is 6.81. The average Bonchev–Trinajstić information content (AvgIpc) is 2.74. The van der Waals surface area contributed by atoms with Crippen molar-refractivity contribution in [2.24, 2.45) is 0 Å². The zero-order valence-electron chi connectivity index (χ0n) is 15.7. The number of amides is 1. The van der Waals surface area contributed by atoms with Crippen LogP contribution in [0.4, 0.5) is 0 Å². The maximum Gasteiger partial charge on any atom is 0.252 e. The van der Waals surface area contributed by atoms with Gasteiger partial charge in [0, 0.05) is 29.9 Å². The molecule has 2 heterocycles. The largest absolute Gasteiger partial charge is 0.352 e. The molecule has 0 aliphatic carbocycles. The van der Waals surface area contributed by atoms with Crippen LogP contribution in [-0.4, -0.2) is 22.4 Å². The van der Waals surface area contributed by atoms with E-state index in [4.69, 9.17) is 4.98 Å². The molecule has 0 saturated carbocycles. The first-order valence-electron chi connectivity index (χ1n) is 9.34. The highest BCUT2D eigenvalue weighted by Crippen LogP contribution is 2.25. The monoisotopic (exact) mass is 367 g/mol. The number of nitrogens with zero attached hydrogens (tertiary/aromatic N) is 2. The number of benzene rings is 2. The summed E-state index contributed by atoms with van der Waals surface area (Å²) < 4.78 is 0. The van der Waals surface area contributed by atoms with E-state index in [1.807, 2.05) is 61.5 Å². The van der Waals surface area contributed by atoms with Gasteiger partial charge in [-0.1, -0.05) is 42.0 Å². The minimum atomic E-state index is -0.0842. The van der Waals surface area contributed by atoms with Crippen molar-refractivity contribution in [1.29, 1.82) is 0 Å². The summed E-state index contributed by atoms with van der Waals surface area (Å²) in [4.78, 5) is 21.9. The quantitative estimate of drug-likeness (QED) is 0.562. The van der Waals surface area contributed by atoms with E-state index in [2.05, 4.69) is 22.4 Å². The molecule has 2 aromatic heterocycles. The lowest BCUT2D eigenvalue weighted by Crippen LogP contribution is -2.26. The molecular weight excluding hydrogens is 346 g/mol. The van der Waals surface area contributed by atoms with Crippen molar-refractivity contribution in [2.45, 2.75) is 13.3 Å². The van der Waals surface area contributed by atoms with Crippen molar-refractivity contribution in [3.63, 3.8) is 0 Å². The predicted octanol–water partition coefficient (Wildman–Crippen LogP) is 4.58. The van der Waals surface area contributed by atoms with Gasteiger partial charge < -0.3 is 5.32 Å². The van der Waals surface area contributed by atoms with Crippen molar-refractivity contribution in [3.8, 4) is 11.3 Å². The number of aryl methyl sites for hydroxylation is 1. The van der Waals surface area contributed by atoms with Crippen LogP contribution < -0.4 is 5.32 Å². The molecule has 1 N–H and O–H groups in total. The second kappa shape index (κ2) is 8.01. The maximum absolute atomic E-state index is 13.0. The molecule has 4 aromatic rings. The zero-order chi connectivity index (χ0) is 19.3. The molecule has 28 heavy (non-hydrogen) atoms. The third-order valence-corrected chi connectivity index (χ3v) is 4.71. The highest BCUT2D eigenvalue weighted by molar-refractivity contribution is 6.07. The van der Waals surface area contributed by atoms with Gasteiger partial charge in [-0.25, -0.2) is 4.98 Å². The number of hydrogen-bond acceptors (Lipinski definition) is 3. The molecule has 4 nitrogen and oxygen atoms in total. The van der Waals surface area contributed by atoms with Crippen molar-refractivity contribution in [2.75, 3.05) is 6.54 Å². The van der Waals surface area contributed by atoms with Gasteiger partial charge in [-0.05, 0) is 49.2 Å². The van der Waals surface area contributed by atoms with Gasteiger partial charge in [-0.3, -0.25) is 9.78 Å². The van der Waals surface area contributed by atoms with Gasteiger partial charge in [0.2, 0.25) is 0 Å². The summed E-state index contributed by atoms with van der Waals surface area (Å²) in [5.41, 5.74) is 5.39. The Hall–Kier alpha value is -3.53. The predicted molar refractivity (Wildman–Crippen MR) is 112 cm³/mol. The molecule has 0 fully saturated rings. The first-order chi connectivity index (χ1) is 13.7. The Bertz CT molecular complexity index is 1110. The number of pyridine rings is 2. The van der Waals surface area contributed by atoms with Gasteiger partial charge >= 0.3 is 0 Å². The second-order valence-electron chi connectivity index (χ2n) is 6.81. The minimum Gasteiger partial charge on any atom is -0.352 e. The number of hydrogen-bond donors (Lipinski definition) is 1. The maximum atomic E-state index is 13.0. The Labute approximate surface area is 164 Å². The molecule has 0 spiro atoms. The van der Waals surface area contributed by atoms with E-state index in [1.165, 1.54) is 5.56 Å². The topological polar surface area (TPSA) is 54.9 Å². The Morgan fingerprint density at radius 1 is 1.00 bits per heavy atom. The van der Waals surface area contributed by atoms with Gasteiger partial charge in [0.05, 0.1) is 16.8 Å². The van der Waals surface area contributed by atoms with Gasteiger partial charge in [0.25, 0.3) is 5.91 Å². The molecule has 4 rings (SSSR count). The number of rotatable bonds is 5. The fourth-order valence-corrected chi connectivity index (χ4v) is 3.25. The normalized spacial score (nSPS) is 10.8. The lowest BCUT2D eigenvalue weighted by atomic mass is 10.0. The summed E-state index contributed by atoms with van der Waals surface area (Å²) in [7, 11) is 0. The number of carbonyl (C=O) groups is 1. The van der Waals surface area contributed by atoms with Crippen LogP contribution in [0.5, 0.6) is 0 Å². The van der Waals surface area contributed by atoms with Gasteiger partial charge in [-0.15, -0.1) is 0 Å². The van der Waals surface area contributed by atoms with Crippen LogP contribution in [0, 0.1) is 6.92 Å². The van der Waals surface area contributed by atoms with Crippen LogP contribution in [-0.2, 0) is 6.42 Å². The highest BCUT2D eigenvalue weighted by atomic mass is 16.1. The summed E-state index contributed by atoms with van der Waals surface area (Å²) in [5.74, 6) is -0.0842. The number of fused-ring (bicyclic) bond motifs is 1. The third kappa shape index (κ3) is 3.91. The molecule has 0 aliphatic heterocycles. The Morgan fingerprint density at radius 2 is 1.86 bits per heavy atom. The van der Waals surface area contributed by atoms with E-state index in [9.17, 15) is 4.79 Å². The summed E-state index contributed by atoms with van der Waals surface area (Å²) in [6, 6.07) is 21.8. The minimum absolute atomic E-state index is 0.0842. The summed E-state index contributed by atoms with van der Waals surface area (Å²) in [6.07, 6.45) is 4.29. The molecule has 1 amide bonds. The molecule has 0 unspecified atom stereocenters. The lowest BCUT2D eigenvalue weighted by Gasteiger charge is -2.11. The Balaban J connectivity index is 1.65. The SMILES string of the molecule is Cc1ccc2nc(-c3cccnc3)cc(C(=O)NCCc3ccccc3)c2c1. The van der Waals surface area contributed by atoms with E-state index in [0.29, 0.717) is 12.1 Å². The van der Waals surface area contributed by atoms with Crippen LogP contribution in [0.2, 0.25) is 0 Å². The number of aromatic nitrogens is 2. The van der Waals surface area contributed by atoms with Crippen LogP contribution >= 0.6 is 0 Å². The average molecular weight is 367 g/mol. The van der Waals surface area contributed by atoms with Gasteiger partial charge in [-0.2, -0.15) is 0 Å². The molecule has 138 valence electrons. The zero-order valence-corrected chi connectivity index (χ0v) is 15.7. The van der Waals surface area contributed by atoms with Crippen LogP contribution in [0.3, 0.4) is 0 Å². The summed E-state index contributed by atoms with van der Waals surface area (Å²) in [6.45, 7) is 2.60. The Morgan fingerprint density at radius 3 is 2.64 bits per heavy atom. The number of carbonyl (C=O) groups excluding carboxylic acids is 1. The fraction of sp³-hybridized carbons (Fsp3) is 0.125. The van der Waals surface area contributed by atoms with E-state index in [1.54, 1.807) is 12.4 Å². The van der Waals surface area contributed by atoms with E-state index >= 15 is 0 Å². The summed E-state index contributed by atoms with van der Waals surface area (Å²) in [5, 5.41) is 3.92. The standard InChI is InChI=1S/C24H21N3O/c1-17-9-10-22-20(14-17)21(15-23(27-22)19-8-5-12-25-16-19)24(28)26-13-11-18-6-3-2-4-7-18/h2-10,12,14-16H,11,13H2,1H3,(H,26,28). The first kappa shape index (κ1) is 17.9. The van der Waals surface area contributed by atoms with Gasteiger partial charge in [0.15, 0.2) is 0 Å². The number of nitrogens with one attached hydrogen (secondary N) is 1. The molecular formula is C24H21N3O. The molecule has 0 aliphatic rings. The van der Waals surface area contributed by atoms with E-state index in [-0.39, 0.29) is 5.91 Å². The van der Waals surface area contributed by atoms with Crippen LogP contribution in [0.25, 0.3) is 22.2 Å². The van der Waals surface area contributed by atoms with Crippen molar-refractivity contribution in [3.05, 3.63) is 95.8 Å². The molecule has 0 saturated heterocycles. The van der Waals surface area contributed by atoms with Crippen LogP contribution in [0.15, 0.2) is 79.1 Å². The molecule has 4 heteroatoms. The summed E-state index contributed by atoms with van der Waals surface area (Å²) >= 11 is 0. The lowest BCUT2D eigenvalue weighted by molar-refractivity contribution is 0.0956. The molecule has 0 atom stereocenters. The third-order valence-electron chi connectivity index (χ3n) is 4.71. The van der Waals surface area contributed by atoms with Gasteiger partial charge in [0.1, 0.15) is 0 Å². The smallest absolute Gasteiger partial charge is 0.252 e. The Kier molecular flexibility index (Phi) is 5.11. The first-order valence-corrected chi connectivity index (χ1v) is 9.34. The van der Waals surface area contributed by atoms with Crippen molar-refractivity contribution >= 4 is 16.8 Å². The van der Waals surface area contributed by atoms with E-state index in [0.717, 1.165) is 34.1 Å². The molecule has 0 radical (unpaired) electrons. The fourth-order valence-electron chi connectivity index (χ4n) is 3.25. The highest BCUT2D eigenvalue weighted by Gasteiger charge is 2.14. The van der Waals surface area contributed by atoms with Crippen LogP contribution in [0.1, 0.15) is 21.5 Å². The van der Waals surface area contributed by atoms with Crippen molar-refractivity contribution < 1.29 is 4.79 Å². The molecule has 2 aromatic carbocycles. The van der Waals surface area contributed by atoms with Crippen molar-refractivity contribution in [1.82, 2.24) is 15.3 Å².